The normalized spacial score (nSPS) is 21.2. The lowest BCUT2D eigenvalue weighted by Gasteiger charge is -2.33. The SMILES string of the molecule is CN=C(NCC1CCCOC1c1ccc(C)cc1)N(C)Cc1nc2c(s1)CCCC2.I. The fourth-order valence-corrected chi connectivity index (χ4v) is 5.75. The minimum absolute atomic E-state index is 0. The number of nitrogens with zero attached hydrogens (tertiary/aromatic N) is 3. The van der Waals surface area contributed by atoms with Crippen LogP contribution in [0.25, 0.3) is 0 Å². The van der Waals surface area contributed by atoms with E-state index in [1.165, 1.54) is 52.4 Å². The van der Waals surface area contributed by atoms with Crippen molar-refractivity contribution in [3.05, 3.63) is 51.0 Å². The van der Waals surface area contributed by atoms with Crippen molar-refractivity contribution in [2.75, 3.05) is 27.2 Å². The maximum Gasteiger partial charge on any atom is 0.193 e. The number of aryl methyl sites for hydroxylation is 3. The van der Waals surface area contributed by atoms with E-state index in [2.05, 4.69) is 53.4 Å². The van der Waals surface area contributed by atoms with Gasteiger partial charge >= 0.3 is 0 Å². The molecule has 1 fully saturated rings. The maximum atomic E-state index is 6.18. The van der Waals surface area contributed by atoms with Crippen LogP contribution in [0.2, 0.25) is 0 Å². The Balaban J connectivity index is 0.00000272. The third-order valence-corrected chi connectivity index (χ3v) is 7.35. The molecule has 1 aliphatic carbocycles. The van der Waals surface area contributed by atoms with Crippen molar-refractivity contribution in [2.24, 2.45) is 10.9 Å². The number of hydrogen-bond donors (Lipinski definition) is 1. The lowest BCUT2D eigenvalue weighted by Crippen LogP contribution is -2.42. The van der Waals surface area contributed by atoms with E-state index in [0.717, 1.165) is 38.5 Å². The lowest BCUT2D eigenvalue weighted by atomic mass is 9.89. The Morgan fingerprint density at radius 1 is 1.23 bits per heavy atom. The Kier molecular flexibility index (Phi) is 9.16. The largest absolute Gasteiger partial charge is 0.373 e. The van der Waals surface area contributed by atoms with E-state index in [1.54, 1.807) is 0 Å². The molecule has 2 unspecified atom stereocenters. The average molecular weight is 555 g/mol. The van der Waals surface area contributed by atoms with Gasteiger partial charge in [0.15, 0.2) is 5.96 Å². The second-order valence-electron chi connectivity index (χ2n) is 8.57. The van der Waals surface area contributed by atoms with Gasteiger partial charge in [-0.15, -0.1) is 35.3 Å². The highest BCUT2D eigenvalue weighted by atomic mass is 127. The first-order chi connectivity index (χ1) is 14.6. The quantitative estimate of drug-likeness (QED) is 0.317. The molecule has 2 atom stereocenters. The molecule has 0 saturated carbocycles. The van der Waals surface area contributed by atoms with E-state index in [0.29, 0.717) is 5.92 Å². The van der Waals surface area contributed by atoms with E-state index >= 15 is 0 Å². The first-order valence-electron chi connectivity index (χ1n) is 11.2. The molecule has 1 aromatic carbocycles. The van der Waals surface area contributed by atoms with Gasteiger partial charge in [-0.3, -0.25) is 4.99 Å². The van der Waals surface area contributed by atoms with Gasteiger partial charge in [-0.1, -0.05) is 29.8 Å². The van der Waals surface area contributed by atoms with Gasteiger partial charge in [-0.25, -0.2) is 4.98 Å². The first-order valence-corrected chi connectivity index (χ1v) is 12.0. The molecule has 2 heterocycles. The zero-order valence-electron chi connectivity index (χ0n) is 18.9. The maximum absolute atomic E-state index is 6.18. The third-order valence-electron chi connectivity index (χ3n) is 6.21. The number of benzene rings is 1. The number of aromatic nitrogens is 1. The van der Waals surface area contributed by atoms with Crippen LogP contribution in [0.1, 0.15) is 58.5 Å². The van der Waals surface area contributed by atoms with Crippen molar-refractivity contribution >= 4 is 41.3 Å². The first kappa shape index (κ1) is 24.5. The second-order valence-corrected chi connectivity index (χ2v) is 9.74. The summed E-state index contributed by atoms with van der Waals surface area (Å²) in [5, 5.41) is 4.80. The summed E-state index contributed by atoms with van der Waals surface area (Å²) in [6, 6.07) is 8.78. The highest BCUT2D eigenvalue weighted by Gasteiger charge is 2.28. The summed E-state index contributed by atoms with van der Waals surface area (Å²) >= 11 is 1.88. The molecule has 1 N–H and O–H groups in total. The standard InChI is InChI=1S/C24H34N4OS.HI/c1-17-10-12-18(13-11-17)23-19(7-6-14-29-23)15-26-24(25-2)28(3)16-22-27-20-8-4-5-9-21(20)30-22;/h10-13,19,23H,4-9,14-16H2,1-3H3,(H,25,26);1H. The fraction of sp³-hybridized carbons (Fsp3) is 0.583. The van der Waals surface area contributed by atoms with Crippen molar-refractivity contribution in [3.63, 3.8) is 0 Å². The van der Waals surface area contributed by atoms with Crippen LogP contribution in [0.4, 0.5) is 0 Å². The van der Waals surface area contributed by atoms with Crippen LogP contribution in [0.15, 0.2) is 29.3 Å². The molecule has 170 valence electrons. The van der Waals surface area contributed by atoms with E-state index in [1.807, 2.05) is 18.4 Å². The van der Waals surface area contributed by atoms with Crippen LogP contribution >= 0.6 is 35.3 Å². The van der Waals surface area contributed by atoms with E-state index < -0.39 is 0 Å². The van der Waals surface area contributed by atoms with Gasteiger partial charge < -0.3 is 15.0 Å². The minimum Gasteiger partial charge on any atom is -0.373 e. The molecule has 5 nitrogen and oxygen atoms in total. The number of rotatable bonds is 5. The Hall–Kier alpha value is -1.19. The van der Waals surface area contributed by atoms with Crippen molar-refractivity contribution in [3.8, 4) is 0 Å². The molecule has 0 amide bonds. The molecule has 7 heteroatoms. The molecule has 1 aliphatic heterocycles. The van der Waals surface area contributed by atoms with Crippen molar-refractivity contribution in [2.45, 2.75) is 58.1 Å². The molecule has 1 aromatic heterocycles. The number of fused-ring (bicyclic) bond motifs is 1. The lowest BCUT2D eigenvalue weighted by molar-refractivity contribution is -0.0266. The van der Waals surface area contributed by atoms with Gasteiger partial charge in [0.2, 0.25) is 0 Å². The molecule has 2 aromatic rings. The van der Waals surface area contributed by atoms with Gasteiger partial charge in [0.05, 0.1) is 18.3 Å². The molecular formula is C24H35IN4OS. The van der Waals surface area contributed by atoms with Crippen LogP contribution in [0.5, 0.6) is 0 Å². The van der Waals surface area contributed by atoms with Gasteiger partial charge in [0.1, 0.15) is 5.01 Å². The Labute approximate surface area is 207 Å². The summed E-state index contributed by atoms with van der Waals surface area (Å²) in [7, 11) is 3.96. The number of halogens is 1. The molecule has 0 radical (unpaired) electrons. The molecule has 0 spiro atoms. The van der Waals surface area contributed by atoms with Crippen LogP contribution in [0.3, 0.4) is 0 Å². The predicted octanol–water partition coefficient (Wildman–Crippen LogP) is 5.12. The van der Waals surface area contributed by atoms with E-state index in [4.69, 9.17) is 9.72 Å². The Bertz CT molecular complexity index is 843. The van der Waals surface area contributed by atoms with Crippen molar-refractivity contribution < 1.29 is 4.74 Å². The predicted molar refractivity (Wildman–Crippen MR) is 140 cm³/mol. The molecule has 1 saturated heterocycles. The summed E-state index contributed by atoms with van der Waals surface area (Å²) in [6.45, 7) is 4.64. The number of aliphatic imine (C=N–C) groups is 1. The van der Waals surface area contributed by atoms with Gasteiger partial charge in [0, 0.05) is 38.0 Å². The summed E-state index contributed by atoms with van der Waals surface area (Å²) in [5.41, 5.74) is 3.90. The molecule has 31 heavy (non-hydrogen) atoms. The zero-order valence-corrected chi connectivity index (χ0v) is 22.0. The third kappa shape index (κ3) is 6.20. The number of hydrogen-bond acceptors (Lipinski definition) is 4. The van der Waals surface area contributed by atoms with Gasteiger partial charge in [-0.2, -0.15) is 0 Å². The van der Waals surface area contributed by atoms with Crippen molar-refractivity contribution in [1.82, 2.24) is 15.2 Å². The number of nitrogens with one attached hydrogen (secondary N) is 1. The molecule has 0 bridgehead atoms. The number of guanidine groups is 1. The Morgan fingerprint density at radius 2 is 2.00 bits per heavy atom. The smallest absolute Gasteiger partial charge is 0.193 e. The van der Waals surface area contributed by atoms with Crippen LogP contribution in [-0.2, 0) is 24.1 Å². The van der Waals surface area contributed by atoms with E-state index in [9.17, 15) is 0 Å². The fourth-order valence-electron chi connectivity index (χ4n) is 4.53. The summed E-state index contributed by atoms with van der Waals surface area (Å²) < 4.78 is 6.18. The number of thiazole rings is 1. The highest BCUT2D eigenvalue weighted by Crippen LogP contribution is 2.33. The minimum atomic E-state index is 0. The monoisotopic (exact) mass is 554 g/mol. The van der Waals surface area contributed by atoms with Crippen LogP contribution < -0.4 is 5.32 Å². The summed E-state index contributed by atoms with van der Waals surface area (Å²) in [5.74, 6) is 1.37. The van der Waals surface area contributed by atoms with Crippen LogP contribution in [0, 0.1) is 12.8 Å². The molecule has 2 aliphatic rings. The second kappa shape index (κ2) is 11.6. The van der Waals surface area contributed by atoms with Gasteiger partial charge in [0.25, 0.3) is 0 Å². The molecular weight excluding hydrogens is 519 g/mol. The topological polar surface area (TPSA) is 49.8 Å². The molecule has 4 rings (SSSR count). The zero-order chi connectivity index (χ0) is 20.9. The summed E-state index contributed by atoms with van der Waals surface area (Å²) in [6.07, 6.45) is 7.37. The van der Waals surface area contributed by atoms with Gasteiger partial charge in [-0.05, 0) is 51.0 Å². The summed E-state index contributed by atoms with van der Waals surface area (Å²) in [4.78, 5) is 13.1. The van der Waals surface area contributed by atoms with E-state index in [-0.39, 0.29) is 30.1 Å². The highest BCUT2D eigenvalue weighted by molar-refractivity contribution is 14.0. The van der Waals surface area contributed by atoms with Crippen LogP contribution in [-0.4, -0.2) is 43.1 Å². The van der Waals surface area contributed by atoms with Crippen molar-refractivity contribution in [1.29, 1.82) is 0 Å². The Morgan fingerprint density at radius 3 is 2.74 bits per heavy atom. The number of ether oxygens (including phenoxy) is 1. The average Bonchev–Trinajstić information content (AvgIpc) is 3.17.